The first kappa shape index (κ1) is 14.2. The monoisotopic (exact) mass is 275 g/mol. The van der Waals surface area contributed by atoms with E-state index in [4.69, 9.17) is 0 Å². The van der Waals surface area contributed by atoms with Crippen LogP contribution in [0.2, 0.25) is 0 Å². The Kier molecular flexibility index (Phi) is 4.64. The van der Waals surface area contributed by atoms with Crippen molar-refractivity contribution in [3.63, 3.8) is 0 Å². The molecule has 0 aromatic carbocycles. The van der Waals surface area contributed by atoms with Gasteiger partial charge in [-0.2, -0.15) is 17.4 Å². The fourth-order valence-electron chi connectivity index (χ4n) is 2.82. The first-order chi connectivity index (χ1) is 8.49. The van der Waals surface area contributed by atoms with Crippen molar-refractivity contribution in [1.29, 1.82) is 0 Å². The second-order valence-corrected chi connectivity index (χ2v) is 7.51. The molecule has 0 bridgehead atoms. The van der Waals surface area contributed by atoms with Crippen LogP contribution in [0.25, 0.3) is 0 Å². The van der Waals surface area contributed by atoms with Crippen molar-refractivity contribution in [1.82, 2.24) is 14.3 Å². The lowest BCUT2D eigenvalue weighted by molar-refractivity contribution is 0.267. The van der Waals surface area contributed by atoms with Gasteiger partial charge in [-0.15, -0.1) is 0 Å². The fourth-order valence-corrected chi connectivity index (χ4v) is 4.52. The SMILES string of the molecule is CC1CCCN(S(=O)(=O)NC2CCNCC2C)C1. The fraction of sp³-hybridized carbons (Fsp3) is 1.00. The van der Waals surface area contributed by atoms with Crippen LogP contribution in [0.15, 0.2) is 0 Å². The molecule has 3 atom stereocenters. The third kappa shape index (κ3) is 3.44. The summed E-state index contributed by atoms with van der Waals surface area (Å²) in [6.07, 6.45) is 2.99. The summed E-state index contributed by atoms with van der Waals surface area (Å²) < 4.78 is 29.2. The number of nitrogens with one attached hydrogen (secondary N) is 2. The third-order valence-corrected chi connectivity index (χ3v) is 5.66. The molecule has 0 aromatic heterocycles. The van der Waals surface area contributed by atoms with Gasteiger partial charge in [-0.3, -0.25) is 0 Å². The van der Waals surface area contributed by atoms with Gasteiger partial charge in [0, 0.05) is 19.1 Å². The second-order valence-electron chi connectivity index (χ2n) is 5.80. The topological polar surface area (TPSA) is 61.4 Å². The van der Waals surface area contributed by atoms with E-state index in [2.05, 4.69) is 23.9 Å². The molecule has 2 aliphatic heterocycles. The number of rotatable bonds is 3. The van der Waals surface area contributed by atoms with Gasteiger partial charge >= 0.3 is 0 Å². The molecular formula is C12H25N3O2S. The summed E-state index contributed by atoms with van der Waals surface area (Å²) >= 11 is 0. The molecule has 2 N–H and O–H groups in total. The molecule has 0 saturated carbocycles. The highest BCUT2D eigenvalue weighted by Crippen LogP contribution is 2.19. The van der Waals surface area contributed by atoms with Crippen LogP contribution in [0.1, 0.15) is 33.1 Å². The Morgan fingerprint density at radius 2 is 2.06 bits per heavy atom. The standard InChI is InChI=1S/C12H25N3O2S/c1-10-4-3-7-15(9-10)18(16,17)14-12-5-6-13-8-11(12)2/h10-14H,3-9H2,1-2H3. The lowest BCUT2D eigenvalue weighted by Crippen LogP contribution is -2.53. The molecule has 18 heavy (non-hydrogen) atoms. The molecule has 2 rings (SSSR count). The van der Waals surface area contributed by atoms with Gasteiger partial charge in [-0.25, -0.2) is 0 Å². The summed E-state index contributed by atoms with van der Waals surface area (Å²) in [5.41, 5.74) is 0. The molecule has 5 nitrogen and oxygen atoms in total. The number of hydrogen-bond donors (Lipinski definition) is 2. The van der Waals surface area contributed by atoms with Crippen LogP contribution in [0.3, 0.4) is 0 Å². The molecule has 0 spiro atoms. The van der Waals surface area contributed by atoms with Gasteiger partial charge in [-0.05, 0) is 44.2 Å². The van der Waals surface area contributed by atoms with Gasteiger partial charge in [-0.1, -0.05) is 13.8 Å². The summed E-state index contributed by atoms with van der Waals surface area (Å²) in [4.78, 5) is 0. The molecule has 3 unspecified atom stereocenters. The highest BCUT2D eigenvalue weighted by molar-refractivity contribution is 7.87. The van der Waals surface area contributed by atoms with Crippen molar-refractivity contribution in [2.24, 2.45) is 11.8 Å². The lowest BCUT2D eigenvalue weighted by Gasteiger charge is -2.34. The largest absolute Gasteiger partial charge is 0.316 e. The van der Waals surface area contributed by atoms with Gasteiger partial charge in [0.25, 0.3) is 10.2 Å². The Hall–Kier alpha value is -0.170. The molecule has 0 aromatic rings. The summed E-state index contributed by atoms with van der Waals surface area (Å²) in [7, 11) is -3.29. The Labute approximate surface area is 110 Å². The van der Waals surface area contributed by atoms with Gasteiger partial charge in [0.15, 0.2) is 0 Å². The average Bonchev–Trinajstić information content (AvgIpc) is 2.32. The van der Waals surface area contributed by atoms with Gasteiger partial charge in [0.2, 0.25) is 0 Å². The van der Waals surface area contributed by atoms with Crippen LogP contribution < -0.4 is 10.0 Å². The first-order valence-corrected chi connectivity index (χ1v) is 8.41. The number of hydrogen-bond acceptors (Lipinski definition) is 3. The average molecular weight is 275 g/mol. The zero-order valence-corrected chi connectivity index (χ0v) is 12.2. The molecule has 106 valence electrons. The molecule has 2 saturated heterocycles. The smallest absolute Gasteiger partial charge is 0.279 e. The van der Waals surface area contributed by atoms with E-state index in [-0.39, 0.29) is 6.04 Å². The summed E-state index contributed by atoms with van der Waals surface area (Å²) in [5, 5.41) is 3.29. The quantitative estimate of drug-likeness (QED) is 0.791. The number of piperidine rings is 2. The Morgan fingerprint density at radius 3 is 2.72 bits per heavy atom. The predicted molar refractivity (Wildman–Crippen MR) is 72.5 cm³/mol. The van der Waals surface area contributed by atoms with Gasteiger partial charge < -0.3 is 5.32 Å². The second kappa shape index (κ2) is 5.86. The molecule has 0 aliphatic carbocycles. The number of nitrogens with zero attached hydrogens (tertiary/aromatic N) is 1. The van der Waals surface area contributed by atoms with Crippen molar-refractivity contribution in [3.8, 4) is 0 Å². The van der Waals surface area contributed by atoms with Crippen molar-refractivity contribution < 1.29 is 8.42 Å². The van der Waals surface area contributed by atoms with Gasteiger partial charge in [0.1, 0.15) is 0 Å². The van der Waals surface area contributed by atoms with Crippen molar-refractivity contribution in [2.75, 3.05) is 26.2 Å². The van der Waals surface area contributed by atoms with Crippen molar-refractivity contribution in [2.45, 2.75) is 39.2 Å². The van der Waals surface area contributed by atoms with Crippen LogP contribution >= 0.6 is 0 Å². The maximum atomic E-state index is 12.3. The van der Waals surface area contributed by atoms with E-state index < -0.39 is 10.2 Å². The first-order valence-electron chi connectivity index (χ1n) is 6.97. The van der Waals surface area contributed by atoms with Crippen LogP contribution in [0.5, 0.6) is 0 Å². The van der Waals surface area contributed by atoms with E-state index >= 15 is 0 Å². The minimum Gasteiger partial charge on any atom is -0.316 e. The lowest BCUT2D eigenvalue weighted by atomic mass is 9.97. The molecule has 6 heteroatoms. The molecular weight excluding hydrogens is 250 g/mol. The summed E-state index contributed by atoms with van der Waals surface area (Å²) in [6, 6.07) is 0.0773. The van der Waals surface area contributed by atoms with Crippen molar-refractivity contribution in [3.05, 3.63) is 0 Å². The van der Waals surface area contributed by atoms with Crippen LogP contribution in [0.4, 0.5) is 0 Å². The predicted octanol–water partition coefficient (Wildman–Crippen LogP) is 0.551. The van der Waals surface area contributed by atoms with E-state index in [0.717, 1.165) is 32.4 Å². The van der Waals surface area contributed by atoms with Crippen molar-refractivity contribution >= 4 is 10.2 Å². The highest BCUT2D eigenvalue weighted by Gasteiger charge is 2.31. The van der Waals surface area contributed by atoms with Crippen LogP contribution in [0, 0.1) is 11.8 Å². The van der Waals surface area contributed by atoms with Gasteiger partial charge in [0.05, 0.1) is 0 Å². The maximum absolute atomic E-state index is 12.3. The Morgan fingerprint density at radius 1 is 1.28 bits per heavy atom. The maximum Gasteiger partial charge on any atom is 0.279 e. The normalized spacial score (nSPS) is 35.6. The highest BCUT2D eigenvalue weighted by atomic mass is 32.2. The Balaban J connectivity index is 1.97. The minimum atomic E-state index is -3.29. The third-order valence-electron chi connectivity index (χ3n) is 4.05. The molecule has 2 aliphatic rings. The van der Waals surface area contributed by atoms with E-state index in [1.165, 1.54) is 0 Å². The summed E-state index contributed by atoms with van der Waals surface area (Å²) in [5.74, 6) is 0.830. The zero-order chi connectivity index (χ0) is 13.2. The minimum absolute atomic E-state index is 0.0773. The van der Waals surface area contributed by atoms with E-state index in [9.17, 15) is 8.42 Å². The van der Waals surface area contributed by atoms with Crippen LogP contribution in [-0.4, -0.2) is 44.9 Å². The summed E-state index contributed by atoms with van der Waals surface area (Å²) in [6.45, 7) is 7.33. The molecule has 0 amide bonds. The van der Waals surface area contributed by atoms with E-state index in [0.29, 0.717) is 24.9 Å². The Bertz CT molecular complexity index is 372. The molecule has 0 radical (unpaired) electrons. The van der Waals surface area contributed by atoms with E-state index in [1.807, 2.05) is 0 Å². The van der Waals surface area contributed by atoms with E-state index in [1.54, 1.807) is 4.31 Å². The zero-order valence-electron chi connectivity index (χ0n) is 11.4. The molecule has 2 fully saturated rings. The molecule has 2 heterocycles. The van der Waals surface area contributed by atoms with Crippen LogP contribution in [-0.2, 0) is 10.2 Å².